The van der Waals surface area contributed by atoms with Crippen molar-refractivity contribution < 1.29 is 14.6 Å². The van der Waals surface area contributed by atoms with Crippen LogP contribution in [-0.2, 0) is 9.53 Å². The fourth-order valence-corrected chi connectivity index (χ4v) is 2.60. The van der Waals surface area contributed by atoms with Crippen LogP contribution in [0.3, 0.4) is 0 Å². The molecule has 0 bridgehead atoms. The highest BCUT2D eigenvalue weighted by Gasteiger charge is 2.46. The maximum Gasteiger partial charge on any atom is 0.306 e. The van der Waals surface area contributed by atoms with Crippen molar-refractivity contribution >= 4 is 5.97 Å². The Morgan fingerprint density at radius 2 is 2.31 bits per heavy atom. The third kappa shape index (κ3) is 2.95. The van der Waals surface area contributed by atoms with Crippen molar-refractivity contribution in [3.63, 3.8) is 0 Å². The minimum absolute atomic E-state index is 0.102. The molecular formula is C12H21NO3. The molecule has 1 saturated carbocycles. The number of ether oxygens (including phenoxy) is 1. The van der Waals surface area contributed by atoms with Crippen LogP contribution in [0.25, 0.3) is 0 Å². The Bertz CT molecular complexity index is 263. The second-order valence-electron chi connectivity index (χ2n) is 5.28. The highest BCUT2D eigenvalue weighted by Crippen LogP contribution is 2.49. The van der Waals surface area contributed by atoms with E-state index < -0.39 is 0 Å². The van der Waals surface area contributed by atoms with Gasteiger partial charge in [0.15, 0.2) is 0 Å². The van der Waals surface area contributed by atoms with Gasteiger partial charge in [0.05, 0.1) is 19.6 Å². The van der Waals surface area contributed by atoms with Crippen molar-refractivity contribution in [2.24, 2.45) is 5.41 Å². The van der Waals surface area contributed by atoms with Gasteiger partial charge in [-0.15, -0.1) is 0 Å². The van der Waals surface area contributed by atoms with Crippen LogP contribution in [0.15, 0.2) is 0 Å². The number of aliphatic hydroxyl groups is 1. The van der Waals surface area contributed by atoms with Crippen molar-refractivity contribution in [2.45, 2.75) is 38.2 Å². The number of β-amino-alcohol motifs (C(OH)–C–C–N with tert-alkyl or cyclic N) is 1. The molecule has 2 fully saturated rings. The van der Waals surface area contributed by atoms with Gasteiger partial charge in [-0.05, 0) is 37.6 Å². The summed E-state index contributed by atoms with van der Waals surface area (Å²) in [7, 11) is 1.45. The van der Waals surface area contributed by atoms with Crippen molar-refractivity contribution in [3.8, 4) is 0 Å². The number of methoxy groups -OCH3 is 1. The lowest BCUT2D eigenvalue weighted by molar-refractivity contribution is -0.142. The van der Waals surface area contributed by atoms with Crippen LogP contribution >= 0.6 is 0 Å². The van der Waals surface area contributed by atoms with Gasteiger partial charge in [0, 0.05) is 13.1 Å². The summed E-state index contributed by atoms with van der Waals surface area (Å²) in [5.41, 5.74) is 0.157. The molecule has 0 aromatic heterocycles. The van der Waals surface area contributed by atoms with E-state index in [0.29, 0.717) is 6.42 Å². The minimum Gasteiger partial charge on any atom is -0.469 e. The Kier molecular flexibility index (Phi) is 3.50. The molecule has 92 valence electrons. The van der Waals surface area contributed by atoms with Crippen molar-refractivity contribution in [2.75, 3.05) is 26.7 Å². The molecule has 1 unspecified atom stereocenters. The summed E-state index contributed by atoms with van der Waals surface area (Å²) in [6.07, 6.45) is 4.58. The second-order valence-corrected chi connectivity index (χ2v) is 5.28. The highest BCUT2D eigenvalue weighted by molar-refractivity contribution is 5.70. The van der Waals surface area contributed by atoms with Crippen LogP contribution in [-0.4, -0.2) is 48.8 Å². The van der Waals surface area contributed by atoms with Crippen LogP contribution in [0.4, 0.5) is 0 Å². The van der Waals surface area contributed by atoms with E-state index in [0.717, 1.165) is 45.3 Å². The average molecular weight is 227 g/mol. The fourth-order valence-electron chi connectivity index (χ4n) is 2.60. The first-order valence-corrected chi connectivity index (χ1v) is 6.11. The molecule has 4 heteroatoms. The van der Waals surface area contributed by atoms with Gasteiger partial charge in [0.1, 0.15) is 0 Å². The number of carbonyl (C=O) groups is 1. The number of esters is 1. The summed E-state index contributed by atoms with van der Waals surface area (Å²) in [6, 6.07) is 0. The molecule has 16 heavy (non-hydrogen) atoms. The first-order chi connectivity index (χ1) is 7.63. The summed E-state index contributed by atoms with van der Waals surface area (Å²) in [5.74, 6) is -0.102. The predicted octanol–water partition coefficient (Wildman–Crippen LogP) is 0.786. The van der Waals surface area contributed by atoms with Crippen LogP contribution < -0.4 is 0 Å². The molecule has 1 aliphatic carbocycles. The predicted molar refractivity (Wildman–Crippen MR) is 60.0 cm³/mol. The molecule has 0 aromatic carbocycles. The standard InChI is InChI=1S/C12H21NO3/c1-16-11(15)7-12(4-5-12)9-13-6-2-3-10(14)8-13/h10,14H,2-9H2,1H3. The summed E-state index contributed by atoms with van der Waals surface area (Å²) in [5, 5.41) is 9.59. The summed E-state index contributed by atoms with van der Waals surface area (Å²) < 4.78 is 4.73. The molecule has 0 aromatic rings. The van der Waals surface area contributed by atoms with E-state index in [-0.39, 0.29) is 17.5 Å². The van der Waals surface area contributed by atoms with E-state index in [9.17, 15) is 9.90 Å². The summed E-state index contributed by atoms with van der Waals surface area (Å²) in [4.78, 5) is 13.6. The number of piperidine rings is 1. The molecule has 1 heterocycles. The number of likely N-dealkylation sites (tertiary alicyclic amines) is 1. The highest BCUT2D eigenvalue weighted by atomic mass is 16.5. The lowest BCUT2D eigenvalue weighted by Gasteiger charge is -2.32. The number of aliphatic hydroxyl groups excluding tert-OH is 1. The van der Waals surface area contributed by atoms with E-state index in [1.807, 2.05) is 0 Å². The maximum atomic E-state index is 11.3. The van der Waals surface area contributed by atoms with E-state index >= 15 is 0 Å². The van der Waals surface area contributed by atoms with Gasteiger partial charge >= 0.3 is 5.97 Å². The van der Waals surface area contributed by atoms with E-state index in [2.05, 4.69) is 4.90 Å². The third-order valence-electron chi connectivity index (χ3n) is 3.74. The monoisotopic (exact) mass is 227 g/mol. The molecular weight excluding hydrogens is 206 g/mol. The minimum atomic E-state index is -0.178. The van der Waals surface area contributed by atoms with E-state index in [1.54, 1.807) is 0 Å². The SMILES string of the molecule is COC(=O)CC1(CN2CCCC(O)C2)CC1. The smallest absolute Gasteiger partial charge is 0.306 e. The summed E-state index contributed by atoms with van der Waals surface area (Å²) in [6.45, 7) is 2.77. The number of hydrogen-bond donors (Lipinski definition) is 1. The first kappa shape index (κ1) is 11.9. The molecule has 0 radical (unpaired) electrons. The van der Waals surface area contributed by atoms with Gasteiger partial charge in [0.2, 0.25) is 0 Å². The Morgan fingerprint density at radius 3 is 2.88 bits per heavy atom. The van der Waals surface area contributed by atoms with Crippen LogP contribution in [0.2, 0.25) is 0 Å². The lowest BCUT2D eigenvalue weighted by Crippen LogP contribution is -2.41. The lowest BCUT2D eigenvalue weighted by atomic mass is 9.99. The largest absolute Gasteiger partial charge is 0.469 e. The zero-order valence-corrected chi connectivity index (χ0v) is 9.95. The maximum absolute atomic E-state index is 11.3. The zero-order chi connectivity index (χ0) is 11.6. The molecule has 1 atom stereocenters. The molecule has 4 nitrogen and oxygen atoms in total. The van der Waals surface area contributed by atoms with Crippen LogP contribution in [0, 0.1) is 5.41 Å². The second kappa shape index (κ2) is 4.72. The molecule has 1 saturated heterocycles. The zero-order valence-electron chi connectivity index (χ0n) is 9.95. The van der Waals surface area contributed by atoms with Crippen molar-refractivity contribution in [3.05, 3.63) is 0 Å². The van der Waals surface area contributed by atoms with E-state index in [1.165, 1.54) is 7.11 Å². The van der Waals surface area contributed by atoms with Gasteiger partial charge in [-0.2, -0.15) is 0 Å². The molecule has 1 N–H and O–H groups in total. The summed E-state index contributed by atoms with van der Waals surface area (Å²) >= 11 is 0. The Hall–Kier alpha value is -0.610. The fraction of sp³-hybridized carbons (Fsp3) is 0.917. The van der Waals surface area contributed by atoms with Crippen LogP contribution in [0.5, 0.6) is 0 Å². The van der Waals surface area contributed by atoms with Gasteiger partial charge in [-0.25, -0.2) is 0 Å². The number of nitrogens with zero attached hydrogens (tertiary/aromatic N) is 1. The molecule has 2 aliphatic rings. The van der Waals surface area contributed by atoms with Gasteiger partial charge in [0.25, 0.3) is 0 Å². The van der Waals surface area contributed by atoms with Crippen LogP contribution in [0.1, 0.15) is 32.1 Å². The molecule has 0 amide bonds. The third-order valence-corrected chi connectivity index (χ3v) is 3.74. The number of carbonyl (C=O) groups excluding carboxylic acids is 1. The average Bonchev–Trinajstić information content (AvgIpc) is 2.97. The van der Waals surface area contributed by atoms with Gasteiger partial charge in [-0.3, -0.25) is 4.79 Å². The number of rotatable bonds is 4. The Morgan fingerprint density at radius 1 is 1.56 bits per heavy atom. The van der Waals surface area contributed by atoms with Crippen molar-refractivity contribution in [1.82, 2.24) is 4.90 Å². The molecule has 2 rings (SSSR count). The number of hydrogen-bond acceptors (Lipinski definition) is 4. The van der Waals surface area contributed by atoms with E-state index in [4.69, 9.17) is 4.74 Å². The van der Waals surface area contributed by atoms with Gasteiger partial charge < -0.3 is 14.7 Å². The molecule has 1 aliphatic heterocycles. The quantitative estimate of drug-likeness (QED) is 0.721. The Labute approximate surface area is 96.6 Å². The van der Waals surface area contributed by atoms with Crippen molar-refractivity contribution in [1.29, 1.82) is 0 Å². The topological polar surface area (TPSA) is 49.8 Å². The Balaban J connectivity index is 1.81. The van der Waals surface area contributed by atoms with Gasteiger partial charge in [-0.1, -0.05) is 0 Å². The first-order valence-electron chi connectivity index (χ1n) is 6.11. The normalized spacial score (nSPS) is 28.8. The molecule has 0 spiro atoms.